The van der Waals surface area contributed by atoms with Crippen molar-refractivity contribution in [3.8, 4) is 34.3 Å². The smallest absolute Gasteiger partial charge is 0.304 e. The zero-order valence-electron chi connectivity index (χ0n) is 16.9. The number of hydrogen-bond donors (Lipinski definition) is 3. The molecule has 1 aromatic carbocycles. The number of nitrogens with zero attached hydrogens (tertiary/aromatic N) is 6. The zero-order valence-corrected chi connectivity index (χ0v) is 16.9. The van der Waals surface area contributed by atoms with Crippen molar-refractivity contribution in [1.82, 2.24) is 35.4 Å². The van der Waals surface area contributed by atoms with Gasteiger partial charge in [0.15, 0.2) is 5.82 Å². The van der Waals surface area contributed by atoms with E-state index in [4.69, 9.17) is 15.6 Å². The van der Waals surface area contributed by atoms with Crippen molar-refractivity contribution in [2.75, 3.05) is 0 Å². The highest BCUT2D eigenvalue weighted by Crippen LogP contribution is 2.29. The van der Waals surface area contributed by atoms with Crippen LogP contribution in [0.1, 0.15) is 12.0 Å². The third kappa shape index (κ3) is 4.75. The van der Waals surface area contributed by atoms with E-state index in [9.17, 15) is 9.18 Å². The van der Waals surface area contributed by atoms with Crippen LogP contribution in [0.5, 0.6) is 11.6 Å². The van der Waals surface area contributed by atoms with Gasteiger partial charge in [0.1, 0.15) is 5.75 Å². The minimum Gasteiger partial charge on any atom is -0.481 e. The molecule has 0 aliphatic rings. The van der Waals surface area contributed by atoms with Crippen LogP contribution in [0.25, 0.3) is 22.6 Å². The molecule has 0 bridgehead atoms. The van der Waals surface area contributed by atoms with Crippen molar-refractivity contribution in [1.29, 1.82) is 0 Å². The van der Waals surface area contributed by atoms with Crippen molar-refractivity contribution in [3.05, 3.63) is 54.1 Å². The summed E-state index contributed by atoms with van der Waals surface area (Å²) in [5.74, 6) is -1.02. The number of aromatic nitrogens is 7. The Morgan fingerprint density at radius 1 is 1.34 bits per heavy atom. The first kappa shape index (κ1) is 21.1. The van der Waals surface area contributed by atoms with Crippen LogP contribution >= 0.6 is 0 Å². The summed E-state index contributed by atoms with van der Waals surface area (Å²) in [5.41, 5.74) is 8.42. The number of carboxylic acid groups (broad SMARTS) is 1. The monoisotopic (exact) mass is 438 g/mol. The first-order chi connectivity index (χ1) is 15.4. The van der Waals surface area contributed by atoms with E-state index in [0.29, 0.717) is 28.4 Å². The fraction of sp³-hybridized carbons (Fsp3) is 0.200. The van der Waals surface area contributed by atoms with Gasteiger partial charge in [-0.05, 0) is 48.0 Å². The lowest BCUT2D eigenvalue weighted by atomic mass is 10.1. The summed E-state index contributed by atoms with van der Waals surface area (Å²) in [6.45, 7) is 1.95. The number of carbonyl (C=O) groups is 1. The zero-order chi connectivity index (χ0) is 22.7. The summed E-state index contributed by atoms with van der Waals surface area (Å²) in [6, 6.07) is 7.46. The molecule has 0 aliphatic heterocycles. The number of pyridine rings is 1. The second kappa shape index (κ2) is 8.89. The Bertz CT molecular complexity index is 1240. The summed E-state index contributed by atoms with van der Waals surface area (Å²) in [4.78, 5) is 16.0. The van der Waals surface area contributed by atoms with Crippen LogP contribution in [0.2, 0.25) is 0 Å². The van der Waals surface area contributed by atoms with Crippen molar-refractivity contribution < 1.29 is 19.0 Å². The Kier molecular flexibility index (Phi) is 5.85. The molecule has 32 heavy (non-hydrogen) atoms. The van der Waals surface area contributed by atoms with E-state index in [1.165, 1.54) is 17.1 Å². The van der Waals surface area contributed by atoms with E-state index >= 15 is 0 Å². The largest absolute Gasteiger partial charge is 0.481 e. The SMILES string of the molecule is Cc1cc(Oc2ncc(-c3ccn[nH]3)cc2F)ccc1-c1nnn(CC(N)CC(=O)O)n1. The van der Waals surface area contributed by atoms with Crippen LogP contribution < -0.4 is 10.5 Å². The second-order valence-corrected chi connectivity index (χ2v) is 7.09. The van der Waals surface area contributed by atoms with Gasteiger partial charge in [0.25, 0.3) is 5.88 Å². The number of hydrogen-bond acceptors (Lipinski definition) is 8. The van der Waals surface area contributed by atoms with Crippen molar-refractivity contribution in [2.24, 2.45) is 5.73 Å². The van der Waals surface area contributed by atoms with Crippen LogP contribution in [0.3, 0.4) is 0 Å². The van der Waals surface area contributed by atoms with Crippen molar-refractivity contribution >= 4 is 5.97 Å². The van der Waals surface area contributed by atoms with E-state index < -0.39 is 17.8 Å². The van der Waals surface area contributed by atoms with Crippen LogP contribution in [-0.4, -0.2) is 52.5 Å². The summed E-state index contributed by atoms with van der Waals surface area (Å²) in [5, 5.41) is 27.5. The third-order valence-corrected chi connectivity index (χ3v) is 4.56. The molecule has 3 heterocycles. The normalized spacial score (nSPS) is 12.0. The molecule has 11 nitrogen and oxygen atoms in total. The van der Waals surface area contributed by atoms with Gasteiger partial charge in [-0.1, -0.05) is 0 Å². The lowest BCUT2D eigenvalue weighted by Crippen LogP contribution is -2.30. The van der Waals surface area contributed by atoms with Crippen molar-refractivity contribution in [2.45, 2.75) is 25.9 Å². The molecule has 0 saturated carbocycles. The van der Waals surface area contributed by atoms with E-state index in [1.807, 2.05) is 6.92 Å². The number of aryl methyl sites for hydroxylation is 1. The number of aliphatic carboxylic acids is 1. The van der Waals surface area contributed by atoms with Gasteiger partial charge in [-0.3, -0.25) is 9.89 Å². The molecule has 0 fully saturated rings. The van der Waals surface area contributed by atoms with Gasteiger partial charge in [-0.2, -0.15) is 9.90 Å². The lowest BCUT2D eigenvalue weighted by molar-refractivity contribution is -0.137. The number of rotatable bonds is 8. The maximum Gasteiger partial charge on any atom is 0.304 e. The minimum atomic E-state index is -0.994. The number of carboxylic acids is 1. The summed E-state index contributed by atoms with van der Waals surface area (Å²) in [7, 11) is 0. The average Bonchev–Trinajstić information content (AvgIpc) is 3.41. The number of nitrogens with one attached hydrogen (secondary N) is 1. The first-order valence-corrected chi connectivity index (χ1v) is 9.58. The quantitative estimate of drug-likeness (QED) is 0.375. The van der Waals surface area contributed by atoms with Crippen LogP contribution in [0.15, 0.2) is 42.7 Å². The van der Waals surface area contributed by atoms with Crippen molar-refractivity contribution in [3.63, 3.8) is 0 Å². The maximum atomic E-state index is 14.5. The molecule has 1 unspecified atom stereocenters. The predicted octanol–water partition coefficient (Wildman–Crippen LogP) is 2.17. The third-order valence-electron chi connectivity index (χ3n) is 4.56. The van der Waals surface area contributed by atoms with Crippen LogP contribution in [0.4, 0.5) is 4.39 Å². The Morgan fingerprint density at radius 2 is 2.19 bits per heavy atom. The Hall–Kier alpha value is -4.19. The molecule has 0 spiro atoms. The van der Waals surface area contributed by atoms with Gasteiger partial charge < -0.3 is 15.6 Å². The molecule has 0 saturated heterocycles. The van der Waals surface area contributed by atoms with E-state index in [0.717, 1.165) is 5.56 Å². The van der Waals surface area contributed by atoms with Gasteiger partial charge in [-0.25, -0.2) is 9.37 Å². The summed E-state index contributed by atoms with van der Waals surface area (Å²) in [6.07, 6.45) is 2.86. The Morgan fingerprint density at radius 3 is 2.88 bits per heavy atom. The molecule has 4 N–H and O–H groups in total. The first-order valence-electron chi connectivity index (χ1n) is 9.58. The highest BCUT2D eigenvalue weighted by Gasteiger charge is 2.15. The molecule has 12 heteroatoms. The number of halogens is 1. The number of tetrazole rings is 1. The number of aromatic amines is 1. The average molecular weight is 438 g/mol. The Balaban J connectivity index is 1.48. The van der Waals surface area contributed by atoms with Gasteiger partial charge in [0, 0.05) is 29.6 Å². The standard InChI is InChI=1S/C20H19FN8O3/c1-11-6-14(32-20-16(21)7-12(9-23-20)17-4-5-24-25-17)2-3-15(11)19-26-28-29(27-19)10-13(22)8-18(30)31/h2-7,9,13H,8,10,22H2,1H3,(H,24,25)(H,30,31). The topological polar surface area (TPSA) is 158 Å². The number of H-pyrrole nitrogens is 1. The molecule has 0 amide bonds. The molecular formula is C20H19FN8O3. The molecule has 0 aliphatic carbocycles. The van der Waals surface area contributed by atoms with E-state index in [2.05, 4.69) is 30.6 Å². The van der Waals surface area contributed by atoms with Gasteiger partial charge in [-0.15, -0.1) is 10.2 Å². The van der Waals surface area contributed by atoms with E-state index in [1.54, 1.807) is 30.5 Å². The van der Waals surface area contributed by atoms with Gasteiger partial charge in [0.2, 0.25) is 5.82 Å². The molecule has 164 valence electrons. The number of nitrogens with two attached hydrogens (primary N) is 1. The van der Waals surface area contributed by atoms with Gasteiger partial charge >= 0.3 is 5.97 Å². The minimum absolute atomic E-state index is 0.124. The predicted molar refractivity (Wildman–Crippen MR) is 110 cm³/mol. The maximum absolute atomic E-state index is 14.5. The molecule has 1 atom stereocenters. The fourth-order valence-corrected chi connectivity index (χ4v) is 3.05. The highest BCUT2D eigenvalue weighted by atomic mass is 19.1. The summed E-state index contributed by atoms with van der Waals surface area (Å²) < 4.78 is 20.1. The lowest BCUT2D eigenvalue weighted by Gasteiger charge is -2.09. The molecule has 3 aromatic heterocycles. The number of ether oxygens (including phenoxy) is 1. The Labute approximate surface area is 181 Å². The molecule has 4 rings (SSSR count). The second-order valence-electron chi connectivity index (χ2n) is 7.09. The number of benzene rings is 1. The fourth-order valence-electron chi connectivity index (χ4n) is 3.05. The van der Waals surface area contributed by atoms with Crippen LogP contribution in [0, 0.1) is 12.7 Å². The van der Waals surface area contributed by atoms with E-state index in [-0.39, 0.29) is 18.8 Å². The van der Waals surface area contributed by atoms with Crippen LogP contribution in [-0.2, 0) is 11.3 Å². The highest BCUT2D eigenvalue weighted by molar-refractivity contribution is 5.67. The molecule has 4 aromatic rings. The molecular weight excluding hydrogens is 419 g/mol. The van der Waals surface area contributed by atoms with Gasteiger partial charge in [0.05, 0.1) is 18.7 Å². The summed E-state index contributed by atoms with van der Waals surface area (Å²) >= 11 is 0. The molecule has 0 radical (unpaired) electrons.